The van der Waals surface area contributed by atoms with E-state index < -0.39 is 0 Å². The standard InChI is InChI=1S/C12H6N4O2/c13-16-15-7-1-3-9-11(5-7)18-12-6-8(17)2-4-10(12)14-9/h1-6H. The number of nitrogens with zero attached hydrogens (tertiary/aromatic N) is 4. The van der Waals surface area contributed by atoms with Crippen LogP contribution in [0.2, 0.25) is 0 Å². The van der Waals surface area contributed by atoms with Gasteiger partial charge in [-0.3, -0.25) is 4.79 Å². The first-order chi connectivity index (χ1) is 8.76. The maximum atomic E-state index is 11.2. The second-order valence-electron chi connectivity index (χ2n) is 3.68. The Morgan fingerprint density at radius 2 is 2.11 bits per heavy atom. The van der Waals surface area contributed by atoms with E-state index in [0.717, 1.165) is 0 Å². The van der Waals surface area contributed by atoms with Gasteiger partial charge in [-0.25, -0.2) is 4.98 Å². The zero-order valence-corrected chi connectivity index (χ0v) is 9.07. The predicted molar refractivity (Wildman–Crippen MR) is 65.7 cm³/mol. The molecule has 1 aliphatic heterocycles. The van der Waals surface area contributed by atoms with E-state index in [-0.39, 0.29) is 5.43 Å². The van der Waals surface area contributed by atoms with Gasteiger partial charge in [0.05, 0.1) is 0 Å². The summed E-state index contributed by atoms with van der Waals surface area (Å²) in [6, 6.07) is 9.36. The van der Waals surface area contributed by atoms with E-state index in [4.69, 9.17) is 9.95 Å². The lowest BCUT2D eigenvalue weighted by Crippen LogP contribution is -1.99. The van der Waals surface area contributed by atoms with E-state index in [1.165, 1.54) is 12.1 Å². The van der Waals surface area contributed by atoms with Crippen LogP contribution >= 0.6 is 0 Å². The molecule has 0 atom stereocenters. The van der Waals surface area contributed by atoms with Crippen LogP contribution < -0.4 is 5.43 Å². The molecule has 0 N–H and O–H groups in total. The first-order valence-electron chi connectivity index (χ1n) is 5.16. The number of fused-ring (bicyclic) bond motifs is 2. The lowest BCUT2D eigenvalue weighted by molar-refractivity contribution is 0.612. The second-order valence-corrected chi connectivity index (χ2v) is 3.68. The maximum Gasteiger partial charge on any atom is 0.182 e. The highest BCUT2D eigenvalue weighted by atomic mass is 16.3. The number of hydrogen-bond acceptors (Lipinski definition) is 4. The summed E-state index contributed by atoms with van der Waals surface area (Å²) in [6.07, 6.45) is 0. The Hall–Kier alpha value is -2.85. The average molecular weight is 238 g/mol. The molecule has 1 aliphatic carbocycles. The van der Waals surface area contributed by atoms with Gasteiger partial charge in [0.25, 0.3) is 0 Å². The number of hydrogen-bond donors (Lipinski definition) is 0. The monoisotopic (exact) mass is 238 g/mol. The topological polar surface area (TPSA) is 91.9 Å². The molecule has 0 unspecified atom stereocenters. The zero-order valence-electron chi connectivity index (χ0n) is 9.07. The van der Waals surface area contributed by atoms with Crippen molar-refractivity contribution in [1.82, 2.24) is 4.98 Å². The third-order valence-electron chi connectivity index (χ3n) is 2.50. The molecule has 86 valence electrons. The number of azide groups is 1. The summed E-state index contributed by atoms with van der Waals surface area (Å²) in [5.41, 5.74) is 10.4. The largest absolute Gasteiger partial charge is 0.453 e. The molecule has 0 radical (unpaired) electrons. The molecule has 0 aromatic heterocycles. The fraction of sp³-hybridized carbons (Fsp3) is 0. The Morgan fingerprint density at radius 1 is 1.22 bits per heavy atom. The van der Waals surface area contributed by atoms with E-state index in [1.807, 2.05) is 0 Å². The Labute approximate surface area is 100 Å². The van der Waals surface area contributed by atoms with Crippen LogP contribution in [-0.4, -0.2) is 4.98 Å². The first-order valence-corrected chi connectivity index (χ1v) is 5.16. The summed E-state index contributed by atoms with van der Waals surface area (Å²) >= 11 is 0. The highest BCUT2D eigenvalue weighted by molar-refractivity contribution is 5.79. The van der Waals surface area contributed by atoms with E-state index >= 15 is 0 Å². The van der Waals surface area contributed by atoms with Gasteiger partial charge in [0.15, 0.2) is 16.8 Å². The molecule has 6 nitrogen and oxygen atoms in total. The Morgan fingerprint density at radius 3 is 2.94 bits per heavy atom. The van der Waals surface area contributed by atoms with E-state index in [0.29, 0.717) is 28.2 Å². The number of aromatic nitrogens is 1. The summed E-state index contributed by atoms with van der Waals surface area (Å²) in [5.74, 6) is 0.410. The average Bonchev–Trinajstić information content (AvgIpc) is 2.36. The van der Waals surface area contributed by atoms with Crippen LogP contribution in [0.4, 0.5) is 5.69 Å². The van der Waals surface area contributed by atoms with Gasteiger partial charge in [0, 0.05) is 16.7 Å². The molecule has 0 saturated heterocycles. The molecular weight excluding hydrogens is 232 g/mol. The SMILES string of the molecule is [N-]=[N+]=Nc1ccc2nc3ccc(=O)cc-3oc2c1. The van der Waals surface area contributed by atoms with Gasteiger partial charge in [-0.05, 0) is 29.8 Å². The van der Waals surface area contributed by atoms with Crippen molar-refractivity contribution in [2.45, 2.75) is 0 Å². The molecule has 0 saturated carbocycles. The Balaban J connectivity index is 2.36. The van der Waals surface area contributed by atoms with Crippen molar-refractivity contribution in [3.8, 4) is 11.5 Å². The van der Waals surface area contributed by atoms with Gasteiger partial charge < -0.3 is 4.42 Å². The summed E-state index contributed by atoms with van der Waals surface area (Å²) in [6.45, 7) is 0. The van der Waals surface area contributed by atoms with E-state index in [2.05, 4.69) is 15.0 Å². The molecule has 2 aliphatic rings. The molecule has 0 amide bonds. The lowest BCUT2D eigenvalue weighted by Gasteiger charge is -2.05. The van der Waals surface area contributed by atoms with Gasteiger partial charge >= 0.3 is 0 Å². The van der Waals surface area contributed by atoms with Gasteiger partial charge in [-0.2, -0.15) is 0 Å². The number of rotatable bonds is 1. The summed E-state index contributed by atoms with van der Waals surface area (Å²) < 4.78 is 5.57. The van der Waals surface area contributed by atoms with Gasteiger partial charge in [-0.1, -0.05) is 11.2 Å². The second kappa shape index (κ2) is 3.87. The summed E-state index contributed by atoms with van der Waals surface area (Å²) in [5, 5.41) is 3.49. The summed E-state index contributed by atoms with van der Waals surface area (Å²) in [4.78, 5) is 18.3. The first kappa shape index (κ1) is 10.3. The summed E-state index contributed by atoms with van der Waals surface area (Å²) in [7, 11) is 0. The molecule has 1 heterocycles. The highest BCUT2D eigenvalue weighted by Gasteiger charge is 2.09. The predicted octanol–water partition coefficient (Wildman–Crippen LogP) is 3.23. The van der Waals surface area contributed by atoms with E-state index in [9.17, 15) is 4.79 Å². The van der Waals surface area contributed by atoms with Gasteiger partial charge in [-0.15, -0.1) is 0 Å². The zero-order chi connectivity index (χ0) is 12.5. The van der Waals surface area contributed by atoms with Crippen molar-refractivity contribution in [1.29, 1.82) is 0 Å². The quantitative estimate of drug-likeness (QED) is 0.282. The molecule has 0 bridgehead atoms. The van der Waals surface area contributed by atoms with Crippen LogP contribution in [0.5, 0.6) is 0 Å². The van der Waals surface area contributed by atoms with E-state index in [1.54, 1.807) is 24.3 Å². The van der Waals surface area contributed by atoms with Crippen molar-refractivity contribution in [2.24, 2.45) is 5.11 Å². The van der Waals surface area contributed by atoms with Crippen molar-refractivity contribution >= 4 is 16.8 Å². The van der Waals surface area contributed by atoms with Crippen molar-refractivity contribution in [3.63, 3.8) is 0 Å². The minimum Gasteiger partial charge on any atom is -0.453 e. The van der Waals surface area contributed by atoms with Gasteiger partial charge in [0.2, 0.25) is 0 Å². The minimum atomic E-state index is -0.140. The van der Waals surface area contributed by atoms with Crippen LogP contribution in [0.25, 0.3) is 33.0 Å². The number of benzene rings is 2. The third kappa shape index (κ3) is 1.66. The van der Waals surface area contributed by atoms with Crippen molar-refractivity contribution < 1.29 is 4.42 Å². The third-order valence-corrected chi connectivity index (χ3v) is 2.50. The molecule has 0 fully saturated rings. The molecule has 1 aromatic rings. The molecule has 1 aromatic carbocycles. The Kier molecular flexibility index (Phi) is 2.22. The lowest BCUT2D eigenvalue weighted by atomic mass is 10.2. The van der Waals surface area contributed by atoms with Crippen molar-refractivity contribution in [2.75, 3.05) is 0 Å². The Bertz CT molecular complexity index is 818. The highest BCUT2D eigenvalue weighted by Crippen LogP contribution is 2.26. The fourth-order valence-corrected chi connectivity index (χ4v) is 1.71. The molecular formula is C12H6N4O2. The van der Waals surface area contributed by atoms with Crippen molar-refractivity contribution in [3.05, 3.63) is 57.1 Å². The van der Waals surface area contributed by atoms with Gasteiger partial charge in [0.1, 0.15) is 11.2 Å². The minimum absolute atomic E-state index is 0.140. The maximum absolute atomic E-state index is 11.2. The molecule has 18 heavy (non-hydrogen) atoms. The van der Waals surface area contributed by atoms with Crippen LogP contribution in [0, 0.1) is 0 Å². The van der Waals surface area contributed by atoms with Crippen LogP contribution in [-0.2, 0) is 0 Å². The molecule has 0 spiro atoms. The van der Waals surface area contributed by atoms with Crippen LogP contribution in [0.15, 0.2) is 50.7 Å². The molecule has 6 heteroatoms. The fourth-order valence-electron chi connectivity index (χ4n) is 1.71. The van der Waals surface area contributed by atoms with Crippen LogP contribution in [0.1, 0.15) is 0 Å². The van der Waals surface area contributed by atoms with Crippen LogP contribution in [0.3, 0.4) is 0 Å². The smallest absolute Gasteiger partial charge is 0.182 e. The molecule has 3 rings (SSSR count). The normalized spacial score (nSPS) is 10.4.